The highest BCUT2D eigenvalue weighted by Gasteiger charge is 2.13. The molecular weight excluding hydrogens is 318 g/mol. The van der Waals surface area contributed by atoms with Crippen LogP contribution < -0.4 is 15.4 Å². The Balaban J connectivity index is 1.76. The third-order valence-electron chi connectivity index (χ3n) is 3.54. The summed E-state index contributed by atoms with van der Waals surface area (Å²) in [6.45, 7) is 3.10. The van der Waals surface area contributed by atoms with E-state index in [0.29, 0.717) is 12.3 Å². The molecule has 25 heavy (non-hydrogen) atoms. The second-order valence-electron chi connectivity index (χ2n) is 5.57. The van der Waals surface area contributed by atoms with Crippen LogP contribution in [0.3, 0.4) is 0 Å². The molecule has 0 saturated carbocycles. The first-order valence-electron chi connectivity index (χ1n) is 8.40. The topological polar surface area (TPSA) is 80.3 Å². The van der Waals surface area contributed by atoms with Crippen LogP contribution >= 0.6 is 0 Å². The lowest BCUT2D eigenvalue weighted by Crippen LogP contribution is -2.34. The van der Waals surface area contributed by atoms with Gasteiger partial charge in [-0.2, -0.15) is 0 Å². The molecule has 0 radical (unpaired) electrons. The number of hydrogen-bond acceptors (Lipinski definition) is 4. The lowest BCUT2D eigenvalue weighted by molar-refractivity contribution is -0.136. The van der Waals surface area contributed by atoms with Crippen molar-refractivity contribution >= 4 is 17.5 Å². The van der Waals surface area contributed by atoms with Crippen LogP contribution in [0.25, 0.3) is 0 Å². The highest BCUT2D eigenvalue weighted by Crippen LogP contribution is 2.16. The minimum absolute atomic E-state index is 0.277. The van der Waals surface area contributed by atoms with Crippen molar-refractivity contribution in [2.45, 2.75) is 32.7 Å². The Labute approximate surface area is 147 Å². The number of unbranched alkanes of at least 4 members (excludes halogenated alkanes) is 2. The summed E-state index contributed by atoms with van der Waals surface area (Å²) in [5.41, 5.74) is 1.42. The fourth-order valence-electron chi connectivity index (χ4n) is 2.13. The molecule has 1 aromatic carbocycles. The predicted molar refractivity (Wildman–Crippen MR) is 96.2 cm³/mol. The summed E-state index contributed by atoms with van der Waals surface area (Å²) < 4.78 is 5.61. The third kappa shape index (κ3) is 6.63. The number of nitrogens with one attached hydrogen (secondary N) is 2. The summed E-state index contributed by atoms with van der Waals surface area (Å²) in [6.07, 6.45) is 6.58. The van der Waals surface area contributed by atoms with Gasteiger partial charge in [-0.15, -0.1) is 0 Å². The average molecular weight is 341 g/mol. The van der Waals surface area contributed by atoms with E-state index in [4.69, 9.17) is 4.74 Å². The van der Waals surface area contributed by atoms with Crippen molar-refractivity contribution in [3.8, 4) is 5.75 Å². The van der Waals surface area contributed by atoms with Crippen molar-refractivity contribution in [2.75, 3.05) is 11.9 Å². The van der Waals surface area contributed by atoms with Crippen LogP contribution in [-0.4, -0.2) is 23.4 Å². The van der Waals surface area contributed by atoms with Crippen molar-refractivity contribution in [3.63, 3.8) is 0 Å². The lowest BCUT2D eigenvalue weighted by Gasteiger charge is -2.08. The maximum atomic E-state index is 11.9. The van der Waals surface area contributed by atoms with Crippen molar-refractivity contribution in [1.82, 2.24) is 10.3 Å². The summed E-state index contributed by atoms with van der Waals surface area (Å²) >= 11 is 0. The zero-order valence-corrected chi connectivity index (χ0v) is 14.3. The molecule has 0 aliphatic carbocycles. The highest BCUT2D eigenvalue weighted by molar-refractivity contribution is 6.39. The molecule has 0 spiro atoms. The van der Waals surface area contributed by atoms with E-state index >= 15 is 0 Å². The number of amides is 2. The number of carbonyl (C=O) groups is 2. The maximum Gasteiger partial charge on any atom is 0.313 e. The van der Waals surface area contributed by atoms with Gasteiger partial charge >= 0.3 is 11.8 Å². The largest absolute Gasteiger partial charge is 0.494 e. The molecule has 0 bridgehead atoms. The van der Waals surface area contributed by atoms with Gasteiger partial charge in [-0.1, -0.05) is 19.8 Å². The van der Waals surface area contributed by atoms with Gasteiger partial charge in [0.05, 0.1) is 6.61 Å². The Hall–Kier alpha value is -2.89. The molecule has 1 aromatic heterocycles. The van der Waals surface area contributed by atoms with Gasteiger partial charge in [-0.25, -0.2) is 0 Å². The minimum atomic E-state index is -0.703. The second-order valence-corrected chi connectivity index (χ2v) is 5.57. The molecule has 2 N–H and O–H groups in total. The summed E-state index contributed by atoms with van der Waals surface area (Å²) in [5.74, 6) is -0.640. The summed E-state index contributed by atoms with van der Waals surface area (Å²) in [7, 11) is 0. The molecule has 0 aliphatic rings. The normalized spacial score (nSPS) is 10.1. The summed E-state index contributed by atoms with van der Waals surface area (Å²) in [4.78, 5) is 27.6. The van der Waals surface area contributed by atoms with Crippen LogP contribution in [0.4, 0.5) is 5.69 Å². The van der Waals surface area contributed by atoms with Crippen molar-refractivity contribution in [3.05, 3.63) is 54.4 Å². The Morgan fingerprint density at radius 3 is 2.40 bits per heavy atom. The van der Waals surface area contributed by atoms with E-state index in [1.165, 1.54) is 0 Å². The van der Waals surface area contributed by atoms with Crippen LogP contribution in [0.2, 0.25) is 0 Å². The van der Waals surface area contributed by atoms with Crippen LogP contribution in [0.15, 0.2) is 48.8 Å². The Morgan fingerprint density at radius 2 is 1.72 bits per heavy atom. The number of anilines is 1. The molecule has 2 rings (SSSR count). The van der Waals surface area contributed by atoms with E-state index in [1.807, 2.05) is 0 Å². The molecule has 0 unspecified atom stereocenters. The molecule has 2 aromatic rings. The highest BCUT2D eigenvalue weighted by atomic mass is 16.5. The van der Waals surface area contributed by atoms with E-state index in [0.717, 1.165) is 30.6 Å². The second kappa shape index (κ2) is 10.1. The Kier molecular flexibility index (Phi) is 7.43. The van der Waals surface area contributed by atoms with E-state index in [9.17, 15) is 9.59 Å². The van der Waals surface area contributed by atoms with Gasteiger partial charge in [0.25, 0.3) is 0 Å². The summed E-state index contributed by atoms with van der Waals surface area (Å²) in [5, 5.41) is 5.13. The fourth-order valence-corrected chi connectivity index (χ4v) is 2.13. The van der Waals surface area contributed by atoms with Gasteiger partial charge < -0.3 is 15.4 Å². The van der Waals surface area contributed by atoms with Crippen LogP contribution in [0.5, 0.6) is 5.75 Å². The lowest BCUT2D eigenvalue weighted by atomic mass is 10.2. The van der Waals surface area contributed by atoms with Gasteiger partial charge in [0.1, 0.15) is 5.75 Å². The predicted octanol–water partition coefficient (Wildman–Crippen LogP) is 2.91. The molecule has 0 fully saturated rings. The number of aromatic nitrogens is 1. The molecule has 6 nitrogen and oxygen atoms in total. The van der Waals surface area contributed by atoms with Crippen molar-refractivity contribution < 1.29 is 14.3 Å². The van der Waals surface area contributed by atoms with Crippen LogP contribution in [0.1, 0.15) is 31.7 Å². The fraction of sp³-hybridized carbons (Fsp3) is 0.316. The van der Waals surface area contributed by atoms with Crippen LogP contribution in [-0.2, 0) is 16.1 Å². The summed E-state index contributed by atoms with van der Waals surface area (Å²) in [6, 6.07) is 10.5. The average Bonchev–Trinajstić information content (AvgIpc) is 2.65. The quantitative estimate of drug-likeness (QED) is 0.571. The molecule has 132 valence electrons. The standard InChI is InChI=1S/C19H23N3O3/c1-2-3-4-13-25-17-7-5-16(6-8-17)22-19(24)18(23)21-14-15-9-11-20-12-10-15/h5-12H,2-4,13-14H2,1H3,(H,21,23)(H,22,24). The molecule has 6 heteroatoms. The molecule has 0 aliphatic heterocycles. The molecule has 0 saturated heterocycles. The van der Waals surface area contributed by atoms with Crippen molar-refractivity contribution in [2.24, 2.45) is 0 Å². The number of nitrogens with zero attached hydrogens (tertiary/aromatic N) is 1. The Morgan fingerprint density at radius 1 is 1.00 bits per heavy atom. The molecular formula is C19H23N3O3. The van der Waals surface area contributed by atoms with Gasteiger partial charge in [0.15, 0.2) is 0 Å². The molecule has 0 atom stereocenters. The minimum Gasteiger partial charge on any atom is -0.494 e. The monoisotopic (exact) mass is 341 g/mol. The van der Waals surface area contributed by atoms with E-state index < -0.39 is 11.8 Å². The van der Waals surface area contributed by atoms with Gasteiger partial charge in [-0.3, -0.25) is 14.6 Å². The SMILES string of the molecule is CCCCCOc1ccc(NC(=O)C(=O)NCc2ccncc2)cc1. The van der Waals surface area contributed by atoms with Crippen LogP contribution in [0, 0.1) is 0 Å². The third-order valence-corrected chi connectivity index (χ3v) is 3.54. The molecule has 1 heterocycles. The first-order chi connectivity index (χ1) is 12.2. The maximum absolute atomic E-state index is 11.9. The smallest absolute Gasteiger partial charge is 0.313 e. The van der Waals surface area contributed by atoms with Gasteiger partial charge in [0, 0.05) is 24.6 Å². The number of carbonyl (C=O) groups excluding carboxylic acids is 2. The van der Waals surface area contributed by atoms with E-state index in [2.05, 4.69) is 22.5 Å². The van der Waals surface area contributed by atoms with Gasteiger partial charge in [-0.05, 0) is 48.4 Å². The number of pyridine rings is 1. The number of rotatable bonds is 8. The number of ether oxygens (including phenoxy) is 1. The van der Waals surface area contributed by atoms with E-state index in [1.54, 1.807) is 48.8 Å². The van der Waals surface area contributed by atoms with Gasteiger partial charge in [0.2, 0.25) is 0 Å². The first-order valence-corrected chi connectivity index (χ1v) is 8.40. The first kappa shape index (κ1) is 18.4. The number of hydrogen-bond donors (Lipinski definition) is 2. The van der Waals surface area contributed by atoms with E-state index in [-0.39, 0.29) is 6.54 Å². The van der Waals surface area contributed by atoms with Crippen molar-refractivity contribution in [1.29, 1.82) is 0 Å². The number of benzene rings is 1. The Bertz CT molecular complexity index is 672. The zero-order valence-electron chi connectivity index (χ0n) is 14.3. The molecule has 2 amide bonds. The zero-order chi connectivity index (χ0) is 17.9.